The number of aromatic nitrogens is 1. The first-order chi connectivity index (χ1) is 11.0. The highest BCUT2D eigenvalue weighted by atomic mass is 35.5. The van der Waals surface area contributed by atoms with E-state index < -0.39 is 17.3 Å². The summed E-state index contributed by atoms with van der Waals surface area (Å²) in [6, 6.07) is 10.7. The lowest BCUT2D eigenvalue weighted by atomic mass is 10.1. The molecule has 0 radical (unpaired) electrons. The van der Waals surface area contributed by atoms with E-state index in [2.05, 4.69) is 4.42 Å². The topological polar surface area (TPSA) is 78.5 Å². The van der Waals surface area contributed by atoms with Crippen molar-refractivity contribution in [2.75, 3.05) is 7.11 Å². The molecule has 0 aliphatic carbocycles. The predicted octanol–water partition coefficient (Wildman–Crippen LogP) is 2.31. The second kappa shape index (κ2) is 5.73. The van der Waals surface area contributed by atoms with E-state index in [1.165, 1.54) is 31.4 Å². The molecule has 1 aromatic heterocycles. The van der Waals surface area contributed by atoms with Crippen molar-refractivity contribution in [3.63, 3.8) is 0 Å². The van der Waals surface area contributed by atoms with Crippen molar-refractivity contribution < 1.29 is 13.9 Å². The summed E-state index contributed by atoms with van der Waals surface area (Å²) in [6.45, 7) is 0. The molecule has 1 heterocycles. The van der Waals surface area contributed by atoms with Gasteiger partial charge >= 0.3 is 11.4 Å². The van der Waals surface area contributed by atoms with Gasteiger partial charge in [0.15, 0.2) is 0 Å². The molecule has 2 aromatic carbocycles. The molecule has 0 spiro atoms. The number of rotatable bonds is 2. The van der Waals surface area contributed by atoms with Crippen molar-refractivity contribution >= 4 is 28.4 Å². The number of hydrogen-bond donors (Lipinski definition) is 0. The second-order valence-corrected chi connectivity index (χ2v) is 5.09. The summed E-state index contributed by atoms with van der Waals surface area (Å²) in [5.41, 5.74) is -0.590. The Morgan fingerprint density at radius 1 is 1.17 bits per heavy atom. The molecule has 116 valence electrons. The SMILES string of the molecule is COc1ccccc1C(=O)n1c(=O)oc(=O)c2ccc(Cl)cc21. The quantitative estimate of drug-likeness (QED) is 0.720. The van der Waals surface area contributed by atoms with Crippen LogP contribution in [-0.2, 0) is 0 Å². The van der Waals surface area contributed by atoms with Gasteiger partial charge in [0.2, 0.25) is 0 Å². The fourth-order valence-corrected chi connectivity index (χ4v) is 2.44. The van der Waals surface area contributed by atoms with Gasteiger partial charge in [0.25, 0.3) is 5.91 Å². The number of para-hydroxylation sites is 1. The average molecular weight is 332 g/mol. The van der Waals surface area contributed by atoms with Gasteiger partial charge in [-0.3, -0.25) is 4.79 Å². The number of fused-ring (bicyclic) bond motifs is 1. The number of methoxy groups -OCH3 is 1. The highest BCUT2D eigenvalue weighted by Gasteiger charge is 2.20. The van der Waals surface area contributed by atoms with Crippen LogP contribution in [0.5, 0.6) is 5.75 Å². The van der Waals surface area contributed by atoms with E-state index in [1.807, 2.05) is 0 Å². The standard InChI is InChI=1S/C16H10ClNO5/c1-22-13-5-3-2-4-11(13)14(19)18-12-8-9(17)6-7-10(12)15(20)23-16(18)21/h2-8H,1H3. The van der Waals surface area contributed by atoms with Crippen molar-refractivity contribution in [1.29, 1.82) is 0 Å². The number of halogens is 1. The Labute approximate surface area is 134 Å². The lowest BCUT2D eigenvalue weighted by Gasteiger charge is -2.10. The fourth-order valence-electron chi connectivity index (χ4n) is 2.27. The Bertz CT molecular complexity index is 1030. The van der Waals surface area contributed by atoms with Gasteiger partial charge in [0.05, 0.1) is 23.6 Å². The number of hydrogen-bond acceptors (Lipinski definition) is 5. The molecule has 0 saturated carbocycles. The van der Waals surface area contributed by atoms with Gasteiger partial charge < -0.3 is 9.15 Å². The van der Waals surface area contributed by atoms with Crippen LogP contribution >= 0.6 is 11.6 Å². The zero-order chi connectivity index (χ0) is 16.6. The number of carbonyl (C=O) groups is 1. The normalized spacial score (nSPS) is 10.7. The third-order valence-corrected chi connectivity index (χ3v) is 3.56. The average Bonchev–Trinajstić information content (AvgIpc) is 2.54. The number of benzene rings is 2. The van der Waals surface area contributed by atoms with Crippen LogP contribution in [0.2, 0.25) is 5.02 Å². The van der Waals surface area contributed by atoms with E-state index in [0.717, 1.165) is 4.57 Å². The Balaban J connectivity index is 2.36. The maximum atomic E-state index is 12.8. The largest absolute Gasteiger partial charge is 0.496 e. The molecule has 0 saturated heterocycles. The van der Waals surface area contributed by atoms with Crippen molar-refractivity contribution in [2.45, 2.75) is 0 Å². The molecule has 0 aliphatic rings. The second-order valence-electron chi connectivity index (χ2n) is 4.66. The minimum Gasteiger partial charge on any atom is -0.496 e. The van der Waals surface area contributed by atoms with Gasteiger partial charge in [0.1, 0.15) is 5.75 Å². The third-order valence-electron chi connectivity index (χ3n) is 3.32. The smallest absolute Gasteiger partial charge is 0.429 e. The summed E-state index contributed by atoms with van der Waals surface area (Å²) in [5, 5.41) is 0.362. The van der Waals surface area contributed by atoms with E-state index in [9.17, 15) is 14.4 Å². The van der Waals surface area contributed by atoms with Gasteiger partial charge in [-0.25, -0.2) is 14.2 Å². The molecule has 0 atom stereocenters. The first-order valence-corrected chi connectivity index (χ1v) is 6.94. The van der Waals surface area contributed by atoms with Crippen LogP contribution in [-0.4, -0.2) is 17.6 Å². The zero-order valence-corrected chi connectivity index (χ0v) is 12.7. The summed E-state index contributed by atoms with van der Waals surface area (Å²) in [4.78, 5) is 36.6. The number of carbonyl (C=O) groups excluding carboxylic acids is 1. The van der Waals surface area contributed by atoms with Crippen molar-refractivity contribution in [2.24, 2.45) is 0 Å². The van der Waals surface area contributed by atoms with Crippen molar-refractivity contribution in [3.05, 3.63) is 74.0 Å². The Morgan fingerprint density at radius 3 is 2.65 bits per heavy atom. The molecule has 3 aromatic rings. The van der Waals surface area contributed by atoms with Gasteiger partial charge in [-0.1, -0.05) is 23.7 Å². The van der Waals surface area contributed by atoms with E-state index >= 15 is 0 Å². The highest BCUT2D eigenvalue weighted by molar-refractivity contribution is 6.31. The molecule has 0 fully saturated rings. The first-order valence-electron chi connectivity index (χ1n) is 6.56. The minimum atomic E-state index is -1.08. The molecule has 3 rings (SSSR count). The van der Waals surface area contributed by atoms with Gasteiger partial charge in [-0.05, 0) is 30.3 Å². The first kappa shape index (κ1) is 15.1. The summed E-state index contributed by atoms with van der Waals surface area (Å²) < 4.78 is 10.5. The van der Waals surface area contributed by atoms with Crippen LogP contribution in [0.3, 0.4) is 0 Å². The minimum absolute atomic E-state index is 0.0784. The fraction of sp³-hybridized carbons (Fsp3) is 0.0625. The third kappa shape index (κ3) is 2.53. The molecule has 0 amide bonds. The highest BCUT2D eigenvalue weighted by Crippen LogP contribution is 2.21. The molecule has 0 N–H and O–H groups in total. The van der Waals surface area contributed by atoms with E-state index in [-0.39, 0.29) is 21.5 Å². The maximum Gasteiger partial charge on any atom is 0.429 e. The molecular weight excluding hydrogens is 322 g/mol. The molecular formula is C16H10ClNO5. The van der Waals surface area contributed by atoms with E-state index in [1.54, 1.807) is 18.2 Å². The van der Waals surface area contributed by atoms with E-state index in [4.69, 9.17) is 16.3 Å². The molecule has 0 bridgehead atoms. The molecule has 6 nitrogen and oxygen atoms in total. The Kier molecular flexibility index (Phi) is 3.75. The molecule has 0 unspecified atom stereocenters. The van der Waals surface area contributed by atoms with Crippen molar-refractivity contribution in [3.8, 4) is 5.75 Å². The van der Waals surface area contributed by atoms with Gasteiger partial charge in [0, 0.05) is 5.02 Å². The van der Waals surface area contributed by atoms with E-state index in [0.29, 0.717) is 5.75 Å². The molecule has 7 heteroatoms. The van der Waals surface area contributed by atoms with Crippen molar-refractivity contribution in [1.82, 2.24) is 4.57 Å². The van der Waals surface area contributed by atoms with Crippen LogP contribution in [0, 0.1) is 0 Å². The van der Waals surface area contributed by atoms with Crippen LogP contribution in [0.15, 0.2) is 56.5 Å². The summed E-state index contributed by atoms with van der Waals surface area (Å²) >= 11 is 5.92. The van der Waals surface area contributed by atoms with Crippen LogP contribution < -0.4 is 16.1 Å². The van der Waals surface area contributed by atoms with Gasteiger partial charge in [-0.15, -0.1) is 0 Å². The Morgan fingerprint density at radius 2 is 1.91 bits per heavy atom. The monoisotopic (exact) mass is 331 g/mol. The van der Waals surface area contributed by atoms with Crippen LogP contribution in [0.4, 0.5) is 0 Å². The number of ether oxygens (including phenoxy) is 1. The summed E-state index contributed by atoms with van der Waals surface area (Å²) in [5.74, 6) is -1.46. The summed E-state index contributed by atoms with van der Waals surface area (Å²) in [6.07, 6.45) is 0. The predicted molar refractivity (Wildman–Crippen MR) is 84.5 cm³/mol. The van der Waals surface area contributed by atoms with Crippen LogP contribution in [0.25, 0.3) is 10.9 Å². The van der Waals surface area contributed by atoms with Gasteiger partial charge in [-0.2, -0.15) is 0 Å². The summed E-state index contributed by atoms with van der Waals surface area (Å²) in [7, 11) is 1.41. The lowest BCUT2D eigenvalue weighted by molar-refractivity contribution is 0.0948. The van der Waals surface area contributed by atoms with Crippen LogP contribution in [0.1, 0.15) is 10.4 Å². The number of nitrogens with zero attached hydrogens (tertiary/aromatic N) is 1. The molecule has 23 heavy (non-hydrogen) atoms. The molecule has 0 aliphatic heterocycles. The lowest BCUT2D eigenvalue weighted by Crippen LogP contribution is -2.30. The zero-order valence-electron chi connectivity index (χ0n) is 11.9. The maximum absolute atomic E-state index is 12.8. The Hall–Kier alpha value is -2.86.